The van der Waals surface area contributed by atoms with Gasteiger partial charge in [0, 0.05) is 37.6 Å². The summed E-state index contributed by atoms with van der Waals surface area (Å²) in [5.74, 6) is 0.455. The van der Waals surface area contributed by atoms with Crippen LogP contribution in [0.15, 0.2) is 35.7 Å². The number of anilines is 1. The molecule has 5 N–H and O–H groups in total. The van der Waals surface area contributed by atoms with Crippen LogP contribution >= 0.6 is 11.3 Å². The average molecular weight is 572 g/mol. The van der Waals surface area contributed by atoms with Crippen molar-refractivity contribution in [2.45, 2.75) is 46.6 Å². The van der Waals surface area contributed by atoms with Crippen molar-refractivity contribution in [2.24, 2.45) is 16.1 Å². The number of amides is 2. The fourth-order valence-electron chi connectivity index (χ4n) is 4.74. The van der Waals surface area contributed by atoms with E-state index in [4.69, 9.17) is 15.5 Å². The van der Waals surface area contributed by atoms with E-state index in [0.29, 0.717) is 66.7 Å². The Morgan fingerprint density at radius 2 is 2.05 bits per heavy atom. The maximum Gasteiger partial charge on any atom is 0.324 e. The Bertz CT molecular complexity index is 1260. The van der Waals surface area contributed by atoms with E-state index in [0.717, 1.165) is 16.7 Å². The first-order chi connectivity index (χ1) is 19.3. The molecule has 12 heteroatoms. The molecule has 0 bridgehead atoms. The summed E-state index contributed by atoms with van der Waals surface area (Å²) in [6.07, 6.45) is 5.19. The van der Waals surface area contributed by atoms with Gasteiger partial charge in [0.15, 0.2) is 5.13 Å². The first-order valence-corrected chi connectivity index (χ1v) is 14.4. The number of aliphatic imine (C=N–C) groups is 1. The topological polar surface area (TPSA) is 145 Å². The molecule has 11 nitrogen and oxygen atoms in total. The summed E-state index contributed by atoms with van der Waals surface area (Å²) in [7, 11) is 1.76. The Kier molecular flexibility index (Phi) is 11.1. The number of benzene rings is 1. The first-order valence-electron chi connectivity index (χ1n) is 13.6. The van der Waals surface area contributed by atoms with Crippen molar-refractivity contribution in [1.82, 2.24) is 20.5 Å². The first kappa shape index (κ1) is 31.1. The molecule has 1 fully saturated rings. The zero-order chi connectivity index (χ0) is 29.3. The third-order valence-electron chi connectivity index (χ3n) is 7.18. The second-order valence-electron chi connectivity index (χ2n) is 9.55. The van der Waals surface area contributed by atoms with Gasteiger partial charge in [0.25, 0.3) is 0 Å². The number of carbonyl (C=O) groups excluding carboxylic acids is 2. The van der Waals surface area contributed by atoms with Gasteiger partial charge in [-0.25, -0.2) is 14.8 Å². The molecule has 2 amide bonds. The maximum absolute atomic E-state index is 12.6. The van der Waals surface area contributed by atoms with Crippen molar-refractivity contribution < 1.29 is 19.4 Å². The van der Waals surface area contributed by atoms with Gasteiger partial charge in [0.05, 0.1) is 35.5 Å². The average Bonchev–Trinajstić information content (AvgIpc) is 3.39. The second kappa shape index (κ2) is 14.2. The summed E-state index contributed by atoms with van der Waals surface area (Å²) >= 11 is 1.34. The van der Waals surface area contributed by atoms with Gasteiger partial charge < -0.3 is 31.1 Å². The van der Waals surface area contributed by atoms with Gasteiger partial charge >= 0.3 is 12.0 Å². The fraction of sp³-hybridized carbons (Fsp3) is 0.500. The number of nitrogens with zero attached hydrogens (tertiary/aromatic N) is 4. The van der Waals surface area contributed by atoms with Crippen LogP contribution < -0.4 is 21.3 Å². The van der Waals surface area contributed by atoms with Crippen LogP contribution in [0.1, 0.15) is 51.2 Å². The van der Waals surface area contributed by atoms with Crippen LogP contribution in [0.3, 0.4) is 0 Å². The highest BCUT2D eigenvalue weighted by Gasteiger charge is 2.41. The number of aliphatic hydroxyl groups is 1. The van der Waals surface area contributed by atoms with E-state index in [9.17, 15) is 14.7 Å². The molecule has 0 saturated carbocycles. The Morgan fingerprint density at radius 1 is 1.32 bits per heavy atom. The Morgan fingerprint density at radius 3 is 2.62 bits per heavy atom. The van der Waals surface area contributed by atoms with Gasteiger partial charge in [-0.15, -0.1) is 0 Å². The fourth-order valence-corrected chi connectivity index (χ4v) is 5.79. The van der Waals surface area contributed by atoms with Crippen LogP contribution in [0.2, 0.25) is 0 Å². The Balaban J connectivity index is 1.81. The van der Waals surface area contributed by atoms with Crippen molar-refractivity contribution in [3.8, 4) is 0 Å². The van der Waals surface area contributed by atoms with Crippen molar-refractivity contribution in [3.63, 3.8) is 0 Å². The molecule has 0 atom stereocenters. The molecule has 0 unspecified atom stereocenters. The number of nitrogens with two attached hydrogens (primary N) is 1. The number of ether oxygens (including phenoxy) is 1. The van der Waals surface area contributed by atoms with Crippen LogP contribution in [0.25, 0.3) is 15.8 Å². The summed E-state index contributed by atoms with van der Waals surface area (Å²) in [4.78, 5) is 38.0. The van der Waals surface area contributed by atoms with Crippen molar-refractivity contribution in [3.05, 3.63) is 41.9 Å². The summed E-state index contributed by atoms with van der Waals surface area (Å²) in [6, 6.07) is 3.46. The Hall–Kier alpha value is -3.48. The Labute approximate surface area is 239 Å². The van der Waals surface area contributed by atoms with Gasteiger partial charge in [-0.3, -0.25) is 9.69 Å². The molecule has 1 saturated heterocycles. The number of urea groups is 1. The predicted octanol–water partition coefficient (Wildman–Crippen LogP) is 3.40. The molecule has 1 aliphatic heterocycles. The van der Waals surface area contributed by atoms with Crippen molar-refractivity contribution >= 4 is 50.5 Å². The van der Waals surface area contributed by atoms with E-state index in [1.807, 2.05) is 32.9 Å². The number of esters is 1. The summed E-state index contributed by atoms with van der Waals surface area (Å²) in [5.41, 5.74) is 8.22. The number of rotatable bonds is 12. The lowest BCUT2D eigenvalue weighted by atomic mass is 9.76. The standard InChI is InChI=1S/C28H41N7O4S/c1-6-28(25(37)39-8-3)9-11-34(12-10-28)19(4)32-16-22(15-29)20-13-21(17-36)24-23(14-20)33-27(40-24)35(18-30-5)26(38)31-7-2/h13-16,30,36H,4,6-12,17-18,29H2,1-3,5H3,(H,31,38)/b22-15+,32-16?. The summed E-state index contributed by atoms with van der Waals surface area (Å²) < 4.78 is 6.12. The molecule has 3 rings (SSSR count). The highest BCUT2D eigenvalue weighted by Crippen LogP contribution is 2.37. The second-order valence-corrected chi connectivity index (χ2v) is 10.5. The molecule has 1 aromatic carbocycles. The minimum atomic E-state index is -0.457. The lowest BCUT2D eigenvalue weighted by Crippen LogP contribution is -2.44. The van der Waals surface area contributed by atoms with Gasteiger partial charge in [-0.1, -0.05) is 24.8 Å². The number of hydrogen-bond donors (Lipinski definition) is 4. The molecule has 218 valence electrons. The van der Waals surface area contributed by atoms with E-state index in [1.54, 1.807) is 13.3 Å². The van der Waals surface area contributed by atoms with Crippen LogP contribution in [0.5, 0.6) is 0 Å². The predicted molar refractivity (Wildman–Crippen MR) is 161 cm³/mol. The zero-order valence-corrected chi connectivity index (χ0v) is 24.6. The van der Waals surface area contributed by atoms with Gasteiger partial charge in [0.1, 0.15) is 5.82 Å². The van der Waals surface area contributed by atoms with E-state index >= 15 is 0 Å². The monoisotopic (exact) mass is 571 g/mol. The minimum Gasteiger partial charge on any atom is -0.466 e. The number of nitrogens with one attached hydrogen (secondary N) is 2. The largest absolute Gasteiger partial charge is 0.466 e. The molecule has 2 aromatic rings. The maximum atomic E-state index is 12.6. The number of piperidine rings is 1. The normalized spacial score (nSPS) is 15.4. The molecule has 40 heavy (non-hydrogen) atoms. The highest BCUT2D eigenvalue weighted by atomic mass is 32.1. The van der Waals surface area contributed by atoms with Crippen LogP contribution in [0.4, 0.5) is 9.93 Å². The number of thiazole rings is 1. The molecular formula is C28H41N7O4S. The van der Waals surface area contributed by atoms with Gasteiger partial charge in [-0.2, -0.15) is 0 Å². The number of likely N-dealkylation sites (tertiary alicyclic amines) is 1. The summed E-state index contributed by atoms with van der Waals surface area (Å²) in [6.45, 7) is 12.1. The SMILES string of the molecule is C=C(N=C/C(=C\N)c1cc(CO)c2sc(N(CNC)C(=O)NCC)nc2c1)N1CCC(CC)(C(=O)OCC)CC1. The zero-order valence-electron chi connectivity index (χ0n) is 23.8. The van der Waals surface area contributed by atoms with Gasteiger partial charge in [0.2, 0.25) is 0 Å². The third-order valence-corrected chi connectivity index (χ3v) is 8.35. The summed E-state index contributed by atoms with van der Waals surface area (Å²) in [5, 5.41) is 16.4. The minimum absolute atomic E-state index is 0.125. The van der Waals surface area contributed by atoms with Crippen molar-refractivity contribution in [1.29, 1.82) is 0 Å². The van der Waals surface area contributed by atoms with Crippen LogP contribution in [-0.2, 0) is 16.1 Å². The molecule has 0 aliphatic carbocycles. The molecule has 1 aromatic heterocycles. The smallest absolute Gasteiger partial charge is 0.324 e. The quantitative estimate of drug-likeness (QED) is 0.172. The number of hydrogen-bond acceptors (Lipinski definition) is 10. The van der Waals surface area contributed by atoms with E-state index in [2.05, 4.69) is 27.1 Å². The molecule has 2 heterocycles. The molecule has 0 spiro atoms. The van der Waals surface area contributed by atoms with Crippen molar-refractivity contribution in [2.75, 3.05) is 44.9 Å². The number of allylic oxidation sites excluding steroid dienone is 1. The number of carbonyl (C=O) groups is 2. The number of aromatic nitrogens is 1. The lowest BCUT2D eigenvalue weighted by Gasteiger charge is -2.40. The van der Waals surface area contributed by atoms with E-state index in [-0.39, 0.29) is 25.3 Å². The lowest BCUT2D eigenvalue weighted by molar-refractivity contribution is -0.158. The molecular weight excluding hydrogens is 530 g/mol. The van der Waals surface area contributed by atoms with Crippen LogP contribution in [-0.4, -0.2) is 73.2 Å². The third kappa shape index (κ3) is 6.80. The van der Waals surface area contributed by atoms with Gasteiger partial charge in [-0.05, 0) is 63.4 Å². The van der Waals surface area contributed by atoms with E-state index < -0.39 is 5.41 Å². The highest BCUT2D eigenvalue weighted by molar-refractivity contribution is 7.22. The van der Waals surface area contributed by atoms with E-state index in [1.165, 1.54) is 22.4 Å². The number of aliphatic hydroxyl groups excluding tert-OH is 1. The number of fused-ring (bicyclic) bond motifs is 1. The van der Waals surface area contributed by atoms with Crippen LogP contribution in [0, 0.1) is 5.41 Å². The molecule has 0 radical (unpaired) electrons. The molecule has 1 aliphatic rings.